The van der Waals surface area contributed by atoms with Crippen LogP contribution in [0.1, 0.15) is 42.9 Å². The molecule has 2 heteroatoms. The molecule has 0 aliphatic carbocycles. The second-order valence-corrected chi connectivity index (χ2v) is 7.29. The van der Waals surface area contributed by atoms with Crippen LogP contribution in [0.2, 0.25) is 0 Å². The van der Waals surface area contributed by atoms with Gasteiger partial charge in [0, 0.05) is 11.8 Å². The van der Waals surface area contributed by atoms with E-state index in [1.165, 1.54) is 5.56 Å². The van der Waals surface area contributed by atoms with E-state index in [1.54, 1.807) is 6.07 Å². The van der Waals surface area contributed by atoms with E-state index in [1.807, 2.05) is 48.7 Å². The van der Waals surface area contributed by atoms with Gasteiger partial charge in [0.1, 0.15) is 5.82 Å². The van der Waals surface area contributed by atoms with E-state index < -0.39 is 0 Å². The molecule has 0 saturated heterocycles. The van der Waals surface area contributed by atoms with Crippen molar-refractivity contribution in [3.63, 3.8) is 0 Å². The van der Waals surface area contributed by atoms with Crippen molar-refractivity contribution in [3.05, 3.63) is 102 Å². The quantitative estimate of drug-likeness (QED) is 0.203. The predicted octanol–water partition coefficient (Wildman–Crippen LogP) is 7.70. The van der Waals surface area contributed by atoms with Crippen molar-refractivity contribution in [3.8, 4) is 11.1 Å². The van der Waals surface area contributed by atoms with E-state index in [2.05, 4.69) is 42.8 Å². The Morgan fingerprint density at radius 1 is 0.897 bits per heavy atom. The number of hydrogen-bond donors (Lipinski definition) is 0. The van der Waals surface area contributed by atoms with Crippen molar-refractivity contribution < 1.29 is 4.39 Å². The maximum Gasteiger partial charge on any atom is 0.131 e. The third-order valence-electron chi connectivity index (χ3n) is 4.97. The Bertz CT molecular complexity index is 953. The van der Waals surface area contributed by atoms with E-state index in [4.69, 9.17) is 0 Å². The normalized spacial score (nSPS) is 11.1. The van der Waals surface area contributed by atoms with Crippen LogP contribution < -0.4 is 0 Å². The Morgan fingerprint density at radius 3 is 2.28 bits per heavy atom. The van der Waals surface area contributed by atoms with Gasteiger partial charge in [-0.1, -0.05) is 68.0 Å². The van der Waals surface area contributed by atoms with Crippen molar-refractivity contribution in [2.24, 2.45) is 4.99 Å². The molecule has 0 heterocycles. The fraction of sp³-hybridized carbons (Fsp3) is 0.222. The molecule has 0 unspecified atom stereocenters. The first-order valence-electron chi connectivity index (χ1n) is 10.3. The summed E-state index contributed by atoms with van der Waals surface area (Å²) in [7, 11) is 0. The molecule has 0 atom stereocenters. The third kappa shape index (κ3) is 5.99. The zero-order valence-electron chi connectivity index (χ0n) is 17.1. The van der Waals surface area contributed by atoms with Crippen molar-refractivity contribution in [2.45, 2.75) is 39.0 Å². The van der Waals surface area contributed by atoms with Gasteiger partial charge >= 0.3 is 0 Å². The summed E-state index contributed by atoms with van der Waals surface area (Å²) in [6, 6.07) is 21.7. The minimum Gasteiger partial charge on any atom is -0.256 e. The molecule has 0 fully saturated rings. The number of halogens is 1. The largest absolute Gasteiger partial charge is 0.256 e. The second-order valence-electron chi connectivity index (χ2n) is 7.29. The molecule has 0 spiro atoms. The average Bonchev–Trinajstić information content (AvgIpc) is 2.74. The molecule has 0 N–H and O–H groups in total. The molecule has 0 radical (unpaired) electrons. The fourth-order valence-corrected chi connectivity index (χ4v) is 3.33. The molecule has 1 nitrogen and oxygen atoms in total. The standard InChI is InChI=1S/C27H28FN/c1-3-5-6-8-21-9-11-23(12-10-21)20-29-25-16-14-24(15-17-25)26-18-13-22(7-4-2)19-27(26)28/h3,9-20H,1,4-8H2,2H3. The van der Waals surface area contributed by atoms with Gasteiger partial charge in [-0.25, -0.2) is 4.39 Å². The maximum absolute atomic E-state index is 14.4. The lowest BCUT2D eigenvalue weighted by Crippen LogP contribution is -1.89. The van der Waals surface area contributed by atoms with Gasteiger partial charge < -0.3 is 0 Å². The van der Waals surface area contributed by atoms with Crippen molar-refractivity contribution in [1.82, 2.24) is 0 Å². The fourth-order valence-electron chi connectivity index (χ4n) is 3.33. The summed E-state index contributed by atoms with van der Waals surface area (Å²) in [4.78, 5) is 4.55. The molecule has 0 amide bonds. The van der Waals surface area contributed by atoms with Gasteiger partial charge in [0.2, 0.25) is 0 Å². The van der Waals surface area contributed by atoms with E-state index >= 15 is 0 Å². The van der Waals surface area contributed by atoms with E-state index in [9.17, 15) is 4.39 Å². The Morgan fingerprint density at radius 2 is 1.62 bits per heavy atom. The summed E-state index contributed by atoms with van der Waals surface area (Å²) in [5.74, 6) is -0.166. The molecule has 0 bridgehead atoms. The predicted molar refractivity (Wildman–Crippen MR) is 123 cm³/mol. The van der Waals surface area contributed by atoms with E-state index in [0.717, 1.165) is 54.5 Å². The van der Waals surface area contributed by atoms with E-state index in [-0.39, 0.29) is 5.82 Å². The molecular formula is C27H28FN. The smallest absolute Gasteiger partial charge is 0.131 e. The number of aliphatic imine (C=N–C) groups is 1. The number of nitrogens with zero attached hydrogens (tertiary/aromatic N) is 1. The lowest BCUT2D eigenvalue weighted by atomic mass is 10.0. The van der Waals surface area contributed by atoms with Crippen molar-refractivity contribution in [1.29, 1.82) is 0 Å². The van der Waals surface area contributed by atoms with Crippen LogP contribution in [0.15, 0.2) is 84.4 Å². The van der Waals surface area contributed by atoms with Gasteiger partial charge in [0.15, 0.2) is 0 Å². The molecule has 0 aliphatic heterocycles. The molecular weight excluding hydrogens is 357 g/mol. The topological polar surface area (TPSA) is 12.4 Å². The van der Waals surface area contributed by atoms with Crippen molar-refractivity contribution in [2.75, 3.05) is 0 Å². The Kier molecular flexibility index (Phi) is 7.52. The number of benzene rings is 3. The SMILES string of the molecule is C=CCCCc1ccc(C=Nc2ccc(-c3ccc(CCC)cc3F)cc2)cc1. The highest BCUT2D eigenvalue weighted by molar-refractivity contribution is 5.82. The van der Waals surface area contributed by atoms with Crippen LogP contribution in [0.4, 0.5) is 10.1 Å². The Labute approximate surface area is 173 Å². The molecule has 0 saturated carbocycles. The van der Waals surface area contributed by atoms with Crippen molar-refractivity contribution >= 4 is 11.9 Å². The summed E-state index contributed by atoms with van der Waals surface area (Å²) >= 11 is 0. The zero-order chi connectivity index (χ0) is 20.5. The van der Waals surface area contributed by atoms with Gasteiger partial charge in [-0.05, 0) is 66.1 Å². The van der Waals surface area contributed by atoms with Crippen LogP contribution >= 0.6 is 0 Å². The summed E-state index contributed by atoms with van der Waals surface area (Å²) < 4.78 is 14.4. The molecule has 148 valence electrons. The first-order chi connectivity index (χ1) is 14.2. The minimum atomic E-state index is -0.166. The number of rotatable bonds is 9. The third-order valence-corrected chi connectivity index (χ3v) is 4.97. The number of hydrogen-bond acceptors (Lipinski definition) is 1. The summed E-state index contributed by atoms with van der Waals surface area (Å²) in [6.45, 7) is 5.86. The molecule has 3 aromatic carbocycles. The van der Waals surface area contributed by atoms with Gasteiger partial charge in [-0.3, -0.25) is 4.99 Å². The first-order valence-corrected chi connectivity index (χ1v) is 10.3. The van der Waals surface area contributed by atoms with Crippen LogP contribution in [0, 0.1) is 5.82 Å². The molecule has 0 aliphatic rings. The van der Waals surface area contributed by atoms with Crippen LogP contribution in [-0.4, -0.2) is 6.21 Å². The lowest BCUT2D eigenvalue weighted by molar-refractivity contribution is 0.628. The summed E-state index contributed by atoms with van der Waals surface area (Å²) in [5.41, 5.74) is 5.80. The molecule has 29 heavy (non-hydrogen) atoms. The molecule has 0 aromatic heterocycles. The number of aryl methyl sites for hydroxylation is 2. The molecule has 3 rings (SSSR count). The average molecular weight is 386 g/mol. The van der Waals surface area contributed by atoms with Gasteiger partial charge in [0.05, 0.1) is 5.69 Å². The zero-order valence-corrected chi connectivity index (χ0v) is 17.1. The monoisotopic (exact) mass is 385 g/mol. The summed E-state index contributed by atoms with van der Waals surface area (Å²) in [5, 5.41) is 0. The number of allylic oxidation sites excluding steroid dienone is 1. The van der Waals surface area contributed by atoms with Crippen LogP contribution in [0.5, 0.6) is 0 Å². The lowest BCUT2D eigenvalue weighted by Gasteiger charge is -2.06. The van der Waals surface area contributed by atoms with Crippen LogP contribution in [0.3, 0.4) is 0 Å². The summed E-state index contributed by atoms with van der Waals surface area (Å²) in [6.07, 6.45) is 8.99. The highest BCUT2D eigenvalue weighted by atomic mass is 19.1. The first kappa shape index (κ1) is 20.7. The van der Waals surface area contributed by atoms with Gasteiger partial charge in [-0.15, -0.1) is 6.58 Å². The highest BCUT2D eigenvalue weighted by Gasteiger charge is 2.06. The maximum atomic E-state index is 14.4. The Hall–Kier alpha value is -3.00. The highest BCUT2D eigenvalue weighted by Crippen LogP contribution is 2.26. The molecule has 3 aromatic rings. The van der Waals surface area contributed by atoms with Crippen LogP contribution in [-0.2, 0) is 12.8 Å². The van der Waals surface area contributed by atoms with E-state index in [0.29, 0.717) is 5.56 Å². The minimum absolute atomic E-state index is 0.166. The number of unbranched alkanes of at least 4 members (excludes halogenated alkanes) is 1. The van der Waals surface area contributed by atoms with Crippen LogP contribution in [0.25, 0.3) is 11.1 Å². The Balaban J connectivity index is 1.65. The van der Waals surface area contributed by atoms with Gasteiger partial charge in [0.25, 0.3) is 0 Å². The van der Waals surface area contributed by atoms with Gasteiger partial charge in [-0.2, -0.15) is 0 Å². The second kappa shape index (κ2) is 10.5.